The highest BCUT2D eigenvalue weighted by Crippen LogP contribution is 2.38. The normalized spacial score (nSPS) is 10.9. The Labute approximate surface area is 105 Å². The van der Waals surface area contributed by atoms with Crippen LogP contribution in [-0.4, -0.2) is 0 Å². The van der Waals surface area contributed by atoms with E-state index >= 15 is 0 Å². The summed E-state index contributed by atoms with van der Waals surface area (Å²) in [5.41, 5.74) is 9.22. The van der Waals surface area contributed by atoms with Crippen LogP contribution in [0.1, 0.15) is 5.56 Å². The van der Waals surface area contributed by atoms with Gasteiger partial charge in [0.25, 0.3) is 0 Å². The number of anilines is 1. The number of thiophene rings is 1. The first kappa shape index (κ1) is 10.4. The molecule has 2 N–H and O–H groups in total. The number of hydrogen-bond acceptors (Lipinski definition) is 2. The Balaban J connectivity index is 2.27. The van der Waals surface area contributed by atoms with E-state index in [1.165, 1.54) is 26.1 Å². The van der Waals surface area contributed by atoms with Crippen LogP contribution in [0.4, 0.5) is 5.69 Å². The molecule has 3 aromatic rings. The third kappa shape index (κ3) is 1.71. The van der Waals surface area contributed by atoms with Crippen LogP contribution in [0, 0.1) is 6.92 Å². The number of benzene rings is 2. The van der Waals surface area contributed by atoms with Crippen molar-refractivity contribution in [2.24, 2.45) is 0 Å². The Kier molecular flexibility index (Phi) is 2.37. The first-order chi connectivity index (χ1) is 8.25. The van der Waals surface area contributed by atoms with Gasteiger partial charge in [0.1, 0.15) is 0 Å². The second-order valence-electron chi connectivity index (χ2n) is 4.18. The van der Waals surface area contributed by atoms with Gasteiger partial charge < -0.3 is 5.73 Å². The molecular weight excluding hydrogens is 226 g/mol. The van der Waals surface area contributed by atoms with Gasteiger partial charge in [0.05, 0.1) is 0 Å². The molecule has 0 bridgehead atoms. The lowest BCUT2D eigenvalue weighted by Crippen LogP contribution is -1.84. The van der Waals surface area contributed by atoms with Gasteiger partial charge in [-0.3, -0.25) is 0 Å². The van der Waals surface area contributed by atoms with Gasteiger partial charge >= 0.3 is 0 Å². The minimum Gasteiger partial charge on any atom is -0.399 e. The molecule has 0 fully saturated rings. The maximum atomic E-state index is 5.84. The minimum atomic E-state index is 0.819. The van der Waals surface area contributed by atoms with Crippen molar-refractivity contribution in [2.75, 3.05) is 5.73 Å². The number of rotatable bonds is 1. The van der Waals surface area contributed by atoms with Crippen LogP contribution in [-0.2, 0) is 0 Å². The molecule has 1 heterocycles. The molecule has 0 amide bonds. The predicted octanol–water partition coefficient (Wildman–Crippen LogP) is 4.46. The van der Waals surface area contributed by atoms with E-state index in [2.05, 4.69) is 37.3 Å². The molecule has 0 unspecified atom stereocenters. The molecular formula is C15H13NS. The molecule has 2 heteroatoms. The number of hydrogen-bond donors (Lipinski definition) is 1. The van der Waals surface area contributed by atoms with Crippen LogP contribution in [0.15, 0.2) is 48.5 Å². The maximum absolute atomic E-state index is 5.84. The summed E-state index contributed by atoms with van der Waals surface area (Å²) in [6.07, 6.45) is 0. The van der Waals surface area contributed by atoms with Gasteiger partial charge in [-0.05, 0) is 41.6 Å². The Morgan fingerprint density at radius 1 is 1.00 bits per heavy atom. The number of nitrogens with two attached hydrogens (primary N) is 1. The Morgan fingerprint density at radius 2 is 1.82 bits per heavy atom. The molecule has 0 atom stereocenters. The summed E-state index contributed by atoms with van der Waals surface area (Å²) in [5, 5.41) is 1.34. The SMILES string of the molecule is Cc1c(-c2cccc(N)c2)sc2ccccc12. The molecule has 1 nitrogen and oxygen atoms in total. The highest BCUT2D eigenvalue weighted by molar-refractivity contribution is 7.22. The van der Waals surface area contributed by atoms with E-state index in [0.717, 1.165) is 5.69 Å². The number of aryl methyl sites for hydroxylation is 1. The fourth-order valence-corrected chi connectivity index (χ4v) is 3.34. The molecule has 0 radical (unpaired) electrons. The van der Waals surface area contributed by atoms with Crippen molar-refractivity contribution in [1.82, 2.24) is 0 Å². The largest absolute Gasteiger partial charge is 0.399 e. The highest BCUT2D eigenvalue weighted by Gasteiger charge is 2.09. The molecule has 84 valence electrons. The summed E-state index contributed by atoms with van der Waals surface area (Å²) in [6, 6.07) is 16.6. The standard InChI is InChI=1S/C15H13NS/c1-10-13-7-2-3-8-14(13)17-15(10)11-5-4-6-12(16)9-11/h2-9H,16H2,1H3. The van der Waals surface area contributed by atoms with Gasteiger partial charge in [0.2, 0.25) is 0 Å². The van der Waals surface area contributed by atoms with Crippen molar-refractivity contribution in [3.05, 3.63) is 54.1 Å². The lowest BCUT2D eigenvalue weighted by Gasteiger charge is -2.01. The topological polar surface area (TPSA) is 26.0 Å². The molecule has 0 aliphatic carbocycles. The summed E-state index contributed by atoms with van der Waals surface area (Å²) < 4.78 is 1.34. The van der Waals surface area contributed by atoms with Crippen LogP contribution in [0.25, 0.3) is 20.5 Å². The van der Waals surface area contributed by atoms with E-state index in [1.807, 2.05) is 29.5 Å². The summed E-state index contributed by atoms with van der Waals surface area (Å²) in [7, 11) is 0. The highest BCUT2D eigenvalue weighted by atomic mass is 32.1. The zero-order chi connectivity index (χ0) is 11.8. The molecule has 0 saturated carbocycles. The van der Waals surface area contributed by atoms with Gasteiger partial charge in [-0.1, -0.05) is 30.3 Å². The number of nitrogen functional groups attached to an aromatic ring is 1. The fourth-order valence-electron chi connectivity index (χ4n) is 2.13. The third-order valence-electron chi connectivity index (χ3n) is 2.99. The molecule has 0 aliphatic rings. The van der Waals surface area contributed by atoms with E-state index in [0.29, 0.717) is 0 Å². The van der Waals surface area contributed by atoms with Gasteiger partial charge in [0.15, 0.2) is 0 Å². The first-order valence-electron chi connectivity index (χ1n) is 5.60. The first-order valence-corrected chi connectivity index (χ1v) is 6.41. The van der Waals surface area contributed by atoms with Crippen molar-refractivity contribution in [2.45, 2.75) is 6.92 Å². The summed E-state index contributed by atoms with van der Waals surface area (Å²) in [4.78, 5) is 1.32. The lowest BCUT2D eigenvalue weighted by molar-refractivity contribution is 1.57. The van der Waals surface area contributed by atoms with Crippen LogP contribution in [0.3, 0.4) is 0 Å². The molecule has 1 aromatic heterocycles. The quantitative estimate of drug-likeness (QED) is 0.623. The van der Waals surface area contributed by atoms with Crippen LogP contribution in [0.5, 0.6) is 0 Å². The van der Waals surface area contributed by atoms with E-state index < -0.39 is 0 Å². The van der Waals surface area contributed by atoms with Crippen molar-refractivity contribution in [3.63, 3.8) is 0 Å². The van der Waals surface area contributed by atoms with Gasteiger partial charge in [-0.2, -0.15) is 0 Å². The average Bonchev–Trinajstić information content (AvgIpc) is 2.68. The summed E-state index contributed by atoms with van der Waals surface area (Å²) >= 11 is 1.83. The Morgan fingerprint density at radius 3 is 2.59 bits per heavy atom. The third-order valence-corrected chi connectivity index (χ3v) is 4.31. The van der Waals surface area contributed by atoms with Crippen molar-refractivity contribution in [1.29, 1.82) is 0 Å². The van der Waals surface area contributed by atoms with E-state index in [-0.39, 0.29) is 0 Å². The van der Waals surface area contributed by atoms with Crippen LogP contribution < -0.4 is 5.73 Å². The average molecular weight is 239 g/mol. The van der Waals surface area contributed by atoms with Crippen LogP contribution >= 0.6 is 11.3 Å². The minimum absolute atomic E-state index is 0.819. The molecule has 0 spiro atoms. The molecule has 3 rings (SSSR count). The molecule has 0 aliphatic heterocycles. The predicted molar refractivity (Wildman–Crippen MR) is 76.4 cm³/mol. The monoisotopic (exact) mass is 239 g/mol. The summed E-state index contributed by atoms with van der Waals surface area (Å²) in [5.74, 6) is 0. The fraction of sp³-hybridized carbons (Fsp3) is 0.0667. The van der Waals surface area contributed by atoms with Crippen molar-refractivity contribution >= 4 is 27.1 Å². The second kappa shape index (κ2) is 3.90. The zero-order valence-electron chi connectivity index (χ0n) is 9.60. The molecule has 17 heavy (non-hydrogen) atoms. The smallest absolute Gasteiger partial charge is 0.0385 e. The van der Waals surface area contributed by atoms with E-state index in [4.69, 9.17) is 5.73 Å². The molecule has 2 aromatic carbocycles. The Hall–Kier alpha value is -1.80. The second-order valence-corrected chi connectivity index (χ2v) is 5.23. The van der Waals surface area contributed by atoms with Crippen molar-refractivity contribution < 1.29 is 0 Å². The van der Waals surface area contributed by atoms with Gasteiger partial charge in [-0.15, -0.1) is 11.3 Å². The van der Waals surface area contributed by atoms with Crippen molar-refractivity contribution in [3.8, 4) is 10.4 Å². The van der Waals surface area contributed by atoms with E-state index in [9.17, 15) is 0 Å². The van der Waals surface area contributed by atoms with Crippen LogP contribution in [0.2, 0.25) is 0 Å². The summed E-state index contributed by atoms with van der Waals surface area (Å²) in [6.45, 7) is 2.18. The van der Waals surface area contributed by atoms with Gasteiger partial charge in [-0.25, -0.2) is 0 Å². The van der Waals surface area contributed by atoms with E-state index in [1.54, 1.807) is 0 Å². The van der Waals surface area contributed by atoms with Gasteiger partial charge in [0, 0.05) is 15.3 Å². The number of fused-ring (bicyclic) bond motifs is 1. The Bertz CT molecular complexity index is 682. The lowest BCUT2D eigenvalue weighted by atomic mass is 10.1. The maximum Gasteiger partial charge on any atom is 0.0385 e. The zero-order valence-corrected chi connectivity index (χ0v) is 10.4. The molecule has 0 saturated heterocycles.